The Hall–Kier alpha value is -2.65. The fourth-order valence-electron chi connectivity index (χ4n) is 4.92. The number of carbonyl (C=O) groups is 1. The van der Waals surface area contributed by atoms with Crippen LogP contribution < -0.4 is 0 Å². The molecule has 0 saturated heterocycles. The molecule has 0 spiro atoms. The van der Waals surface area contributed by atoms with Crippen molar-refractivity contribution < 1.29 is 28.5 Å². The van der Waals surface area contributed by atoms with Crippen LogP contribution in [0, 0.1) is 11.3 Å². The quantitative estimate of drug-likeness (QED) is 0.0994. The van der Waals surface area contributed by atoms with Gasteiger partial charge in [0.25, 0.3) is 3.79 Å². The van der Waals surface area contributed by atoms with E-state index in [4.69, 9.17) is 63.9 Å². The van der Waals surface area contributed by atoms with Crippen LogP contribution in [-0.2, 0) is 48.3 Å². The van der Waals surface area contributed by atoms with Gasteiger partial charge in [-0.3, -0.25) is 10.2 Å². The van der Waals surface area contributed by atoms with Crippen molar-refractivity contribution in [2.45, 2.75) is 61.4 Å². The summed E-state index contributed by atoms with van der Waals surface area (Å²) < 4.78 is 28.7. The Morgan fingerprint density at radius 3 is 1.69 bits per heavy atom. The van der Waals surface area contributed by atoms with Gasteiger partial charge in [-0.05, 0) is 23.1 Å². The Kier molecular flexibility index (Phi) is 12.1. The minimum absolute atomic E-state index is 0.223. The maximum absolute atomic E-state index is 12.3. The van der Waals surface area contributed by atoms with Crippen LogP contribution in [0.1, 0.15) is 30.0 Å². The SMILES string of the molecule is CC(=O)OC1C(OC(=N)C(Cl)(Cl)Cl)CC(COCc2ccccc2)C(OCc2ccccc2)C1OCc1ccccc1. The van der Waals surface area contributed by atoms with Crippen LogP contribution in [0.5, 0.6) is 0 Å². The van der Waals surface area contributed by atoms with E-state index in [0.717, 1.165) is 16.7 Å². The lowest BCUT2D eigenvalue weighted by Gasteiger charge is -2.45. The van der Waals surface area contributed by atoms with Gasteiger partial charge in [0.05, 0.1) is 32.5 Å². The normalized spacial score (nSPS) is 22.3. The molecule has 4 rings (SSSR count). The van der Waals surface area contributed by atoms with Crippen molar-refractivity contribution in [2.24, 2.45) is 5.92 Å². The maximum Gasteiger partial charge on any atom is 0.303 e. The first-order valence-corrected chi connectivity index (χ1v) is 14.8. The molecule has 7 nitrogen and oxygen atoms in total. The Bertz CT molecular complexity index is 1260. The summed E-state index contributed by atoms with van der Waals surface area (Å²) in [5.41, 5.74) is 2.93. The fourth-order valence-corrected chi connectivity index (χ4v) is 5.05. The van der Waals surface area contributed by atoms with E-state index in [9.17, 15) is 4.79 Å². The largest absolute Gasteiger partial charge is 0.471 e. The molecule has 5 atom stereocenters. The predicted octanol–water partition coefficient (Wildman–Crippen LogP) is 7.06. The number of nitrogens with one attached hydrogen (secondary N) is 1. The van der Waals surface area contributed by atoms with Gasteiger partial charge in [-0.1, -0.05) is 126 Å². The zero-order valence-electron chi connectivity index (χ0n) is 23.2. The smallest absolute Gasteiger partial charge is 0.303 e. The number of esters is 1. The molecule has 0 radical (unpaired) electrons. The van der Waals surface area contributed by atoms with Crippen molar-refractivity contribution in [3.05, 3.63) is 108 Å². The summed E-state index contributed by atoms with van der Waals surface area (Å²) in [6, 6.07) is 29.2. The molecule has 0 bridgehead atoms. The van der Waals surface area contributed by atoms with E-state index in [1.165, 1.54) is 6.92 Å². The number of ether oxygens (including phenoxy) is 5. The maximum atomic E-state index is 12.3. The molecule has 3 aromatic carbocycles. The Labute approximate surface area is 261 Å². The van der Waals surface area contributed by atoms with E-state index < -0.39 is 40.1 Å². The van der Waals surface area contributed by atoms with E-state index in [1.54, 1.807) is 0 Å². The highest BCUT2D eigenvalue weighted by Gasteiger charge is 2.50. The molecular weight excluding hydrogens is 601 g/mol. The highest BCUT2D eigenvalue weighted by Crippen LogP contribution is 2.37. The zero-order valence-corrected chi connectivity index (χ0v) is 25.4. The van der Waals surface area contributed by atoms with E-state index in [2.05, 4.69) is 0 Å². The number of hydrogen-bond acceptors (Lipinski definition) is 7. The van der Waals surface area contributed by atoms with Gasteiger partial charge in [-0.2, -0.15) is 0 Å². The average molecular weight is 635 g/mol. The molecule has 5 unspecified atom stereocenters. The topological polar surface area (TPSA) is 87.1 Å². The minimum atomic E-state index is -2.10. The number of alkyl halides is 3. The van der Waals surface area contributed by atoms with Crippen molar-refractivity contribution >= 4 is 46.7 Å². The average Bonchev–Trinajstić information content (AvgIpc) is 2.97. The van der Waals surface area contributed by atoms with E-state index >= 15 is 0 Å². The van der Waals surface area contributed by atoms with Crippen LogP contribution >= 0.6 is 34.8 Å². The zero-order chi connectivity index (χ0) is 30.0. The molecule has 224 valence electrons. The third-order valence-electron chi connectivity index (χ3n) is 6.86. The molecule has 1 N–H and O–H groups in total. The van der Waals surface area contributed by atoms with Crippen LogP contribution in [0.25, 0.3) is 0 Å². The minimum Gasteiger partial charge on any atom is -0.471 e. The lowest BCUT2D eigenvalue weighted by molar-refractivity contribution is -0.219. The number of benzene rings is 3. The molecule has 1 fully saturated rings. The molecular formula is C32H34Cl3NO6. The van der Waals surface area contributed by atoms with Crippen LogP contribution in [0.2, 0.25) is 0 Å². The first kappa shape index (κ1) is 32.3. The first-order valence-electron chi connectivity index (χ1n) is 13.6. The lowest BCUT2D eigenvalue weighted by Crippen LogP contribution is -2.59. The Morgan fingerprint density at radius 1 is 0.738 bits per heavy atom. The van der Waals surface area contributed by atoms with E-state index in [0.29, 0.717) is 19.6 Å². The van der Waals surface area contributed by atoms with Gasteiger partial charge in [-0.15, -0.1) is 0 Å². The van der Waals surface area contributed by atoms with Gasteiger partial charge in [-0.25, -0.2) is 0 Å². The lowest BCUT2D eigenvalue weighted by atomic mass is 9.80. The predicted molar refractivity (Wildman–Crippen MR) is 163 cm³/mol. The Balaban J connectivity index is 1.64. The highest BCUT2D eigenvalue weighted by molar-refractivity contribution is 6.76. The summed E-state index contributed by atoms with van der Waals surface area (Å²) >= 11 is 17.9. The van der Waals surface area contributed by atoms with Gasteiger partial charge < -0.3 is 23.7 Å². The third kappa shape index (κ3) is 9.69. The van der Waals surface area contributed by atoms with Gasteiger partial charge in [0.1, 0.15) is 12.2 Å². The van der Waals surface area contributed by atoms with Gasteiger partial charge >= 0.3 is 5.97 Å². The number of halogens is 3. The summed E-state index contributed by atoms with van der Waals surface area (Å²) in [6.07, 6.45) is -2.87. The second-order valence-electron chi connectivity index (χ2n) is 10.1. The van der Waals surface area contributed by atoms with Crippen LogP contribution in [-0.4, -0.2) is 46.7 Å². The second kappa shape index (κ2) is 15.7. The molecule has 0 aliphatic heterocycles. The Morgan fingerprint density at radius 2 is 1.21 bits per heavy atom. The molecule has 42 heavy (non-hydrogen) atoms. The van der Waals surface area contributed by atoms with Crippen molar-refractivity contribution in [3.8, 4) is 0 Å². The fraction of sp³-hybridized carbons (Fsp3) is 0.375. The summed E-state index contributed by atoms with van der Waals surface area (Å²) in [4.78, 5) is 12.3. The van der Waals surface area contributed by atoms with Crippen LogP contribution in [0.15, 0.2) is 91.0 Å². The molecule has 0 amide bonds. The standard InChI is InChI=1S/C32H34Cl3NO6/c1-22(37)41-29-27(42-31(36)32(33,34)35)17-26(21-38-18-23-11-5-2-6-12-23)28(39-19-24-13-7-3-8-14-24)30(29)40-20-25-15-9-4-10-16-25/h2-16,26-30,36H,17-21H2,1H3. The second-order valence-corrected chi connectivity index (χ2v) is 12.4. The van der Waals surface area contributed by atoms with Crippen molar-refractivity contribution in [1.29, 1.82) is 5.41 Å². The molecule has 10 heteroatoms. The highest BCUT2D eigenvalue weighted by atomic mass is 35.6. The summed E-state index contributed by atoms with van der Waals surface area (Å²) in [5.74, 6) is -1.40. The molecule has 3 aromatic rings. The monoisotopic (exact) mass is 633 g/mol. The summed E-state index contributed by atoms with van der Waals surface area (Å²) in [6.45, 7) is 2.50. The van der Waals surface area contributed by atoms with Crippen molar-refractivity contribution in [2.75, 3.05) is 6.61 Å². The molecule has 1 aliphatic carbocycles. The number of carbonyl (C=O) groups excluding carboxylic acids is 1. The summed E-state index contributed by atoms with van der Waals surface area (Å²) in [7, 11) is 0. The summed E-state index contributed by atoms with van der Waals surface area (Å²) in [5, 5.41) is 8.25. The van der Waals surface area contributed by atoms with Crippen molar-refractivity contribution in [1.82, 2.24) is 0 Å². The van der Waals surface area contributed by atoms with Gasteiger partial charge in [0.2, 0.25) is 5.90 Å². The molecule has 0 aromatic heterocycles. The van der Waals surface area contributed by atoms with E-state index in [-0.39, 0.29) is 19.1 Å². The first-order chi connectivity index (χ1) is 20.2. The number of hydrogen-bond donors (Lipinski definition) is 1. The van der Waals surface area contributed by atoms with Gasteiger partial charge in [0.15, 0.2) is 6.10 Å². The van der Waals surface area contributed by atoms with Crippen molar-refractivity contribution in [3.63, 3.8) is 0 Å². The van der Waals surface area contributed by atoms with Gasteiger partial charge in [0, 0.05) is 12.8 Å². The van der Waals surface area contributed by atoms with Crippen LogP contribution in [0.3, 0.4) is 0 Å². The number of rotatable bonds is 12. The third-order valence-corrected chi connectivity index (χ3v) is 7.37. The van der Waals surface area contributed by atoms with E-state index in [1.807, 2.05) is 91.0 Å². The molecule has 1 saturated carbocycles. The molecule has 1 aliphatic rings. The van der Waals surface area contributed by atoms with Crippen LogP contribution in [0.4, 0.5) is 0 Å². The molecule has 0 heterocycles.